The lowest BCUT2D eigenvalue weighted by Crippen LogP contribution is -2.46. The van der Waals surface area contributed by atoms with Crippen LogP contribution in [0.5, 0.6) is 0 Å². The summed E-state index contributed by atoms with van der Waals surface area (Å²) >= 11 is 1.87. The quantitative estimate of drug-likeness (QED) is 0.103. The summed E-state index contributed by atoms with van der Waals surface area (Å²) in [7, 11) is -3.82. The Labute approximate surface area is 300 Å². The van der Waals surface area contributed by atoms with E-state index < -0.39 is 14.8 Å². The van der Waals surface area contributed by atoms with Crippen molar-refractivity contribution >= 4 is 38.5 Å². The molecule has 5 aromatic rings. The Bertz CT molecular complexity index is 1900. The summed E-state index contributed by atoms with van der Waals surface area (Å²) in [5.74, 6) is -0.220. The van der Waals surface area contributed by atoms with Gasteiger partial charge in [-0.2, -0.15) is 4.31 Å². The maximum absolute atomic E-state index is 14.7. The van der Waals surface area contributed by atoms with Crippen molar-refractivity contribution < 1.29 is 17.9 Å². The molecule has 0 aliphatic carbocycles. The van der Waals surface area contributed by atoms with E-state index in [1.54, 1.807) is 10.4 Å². The lowest BCUT2D eigenvalue weighted by atomic mass is 9.84. The molecule has 50 heavy (non-hydrogen) atoms. The van der Waals surface area contributed by atoms with Crippen molar-refractivity contribution in [2.75, 3.05) is 32.8 Å². The molecule has 0 saturated carbocycles. The van der Waals surface area contributed by atoms with Crippen LogP contribution < -0.4 is 0 Å². The lowest BCUT2D eigenvalue weighted by Gasteiger charge is -2.37. The summed E-state index contributed by atoms with van der Waals surface area (Å²) in [5.41, 5.74) is 3.49. The van der Waals surface area contributed by atoms with Crippen LogP contribution >= 0.6 is 11.8 Å². The van der Waals surface area contributed by atoms with Crippen LogP contribution in [0.3, 0.4) is 0 Å². The molecule has 0 aromatic heterocycles. The molecule has 2 heterocycles. The van der Waals surface area contributed by atoms with Gasteiger partial charge in [0, 0.05) is 24.4 Å². The van der Waals surface area contributed by atoms with Crippen molar-refractivity contribution in [2.24, 2.45) is 5.92 Å². The van der Waals surface area contributed by atoms with Crippen LogP contribution in [-0.2, 0) is 24.3 Å². The first-order valence-electron chi connectivity index (χ1n) is 17.6. The number of esters is 1. The van der Waals surface area contributed by atoms with Crippen molar-refractivity contribution in [1.82, 2.24) is 9.21 Å². The number of rotatable bonds is 11. The van der Waals surface area contributed by atoms with Crippen LogP contribution in [0, 0.1) is 5.92 Å². The number of fused-ring (bicyclic) bond motifs is 1. The molecule has 0 bridgehead atoms. The Balaban J connectivity index is 1.25. The summed E-state index contributed by atoms with van der Waals surface area (Å²) in [5, 5.41) is 1.93. The van der Waals surface area contributed by atoms with E-state index in [0.29, 0.717) is 31.0 Å². The number of likely N-dealkylation sites (tertiary alicyclic amines) is 1. The number of piperidine rings is 1. The van der Waals surface area contributed by atoms with Gasteiger partial charge >= 0.3 is 5.97 Å². The minimum atomic E-state index is -3.82. The van der Waals surface area contributed by atoms with E-state index in [1.165, 1.54) is 0 Å². The van der Waals surface area contributed by atoms with Crippen LogP contribution in [0.2, 0.25) is 0 Å². The SMILES string of the molecule is CCOC(=O)C1CCN(C[C@@H]2C[C@@H](SC(c3ccccc3)(c3ccccc3)c3ccccc3)CN2S(=O)(=O)c2ccc3ccccc3c2)CC1. The third kappa shape index (κ3) is 6.99. The predicted molar refractivity (Wildman–Crippen MR) is 203 cm³/mol. The van der Waals surface area contributed by atoms with Gasteiger partial charge in [0.25, 0.3) is 0 Å². The lowest BCUT2D eigenvalue weighted by molar-refractivity contribution is -0.149. The van der Waals surface area contributed by atoms with Crippen LogP contribution in [0.25, 0.3) is 10.8 Å². The number of hydrogen-bond donors (Lipinski definition) is 0. The Morgan fingerprint density at radius 3 is 1.86 bits per heavy atom. The molecular weight excluding hydrogens is 661 g/mol. The molecule has 2 atom stereocenters. The molecule has 2 saturated heterocycles. The number of benzene rings is 5. The number of carbonyl (C=O) groups excluding carboxylic acids is 1. The largest absolute Gasteiger partial charge is 0.466 e. The zero-order chi connectivity index (χ0) is 34.6. The van der Waals surface area contributed by atoms with Crippen molar-refractivity contribution in [3.63, 3.8) is 0 Å². The number of nitrogens with zero attached hydrogens (tertiary/aromatic N) is 2. The molecule has 0 unspecified atom stereocenters. The van der Waals surface area contributed by atoms with Crippen LogP contribution in [-0.4, -0.2) is 67.7 Å². The van der Waals surface area contributed by atoms with Gasteiger partial charge in [-0.1, -0.05) is 121 Å². The molecule has 5 aromatic carbocycles. The maximum atomic E-state index is 14.7. The first kappa shape index (κ1) is 34.5. The van der Waals surface area contributed by atoms with Gasteiger partial charge < -0.3 is 9.64 Å². The predicted octanol–water partition coefficient (Wildman–Crippen LogP) is 7.97. The molecule has 2 fully saturated rings. The Morgan fingerprint density at radius 1 is 0.760 bits per heavy atom. The average molecular weight is 705 g/mol. The Kier molecular flexibility index (Phi) is 10.4. The summed E-state index contributed by atoms with van der Waals surface area (Å²) in [6.45, 7) is 4.73. The fourth-order valence-corrected chi connectivity index (χ4v) is 11.4. The standard InChI is InChI=1S/C42H44N2O4S2/c1-2-48-41(45)33-24-26-43(27-25-33)30-38-29-39(31-44(38)50(46,47)40-23-22-32-14-12-13-15-34(32)28-40)49-42(35-16-6-3-7-17-35,36-18-8-4-9-19-36)37-20-10-5-11-21-37/h3-23,28,33,38-39H,2,24-27,29-31H2,1H3/t38-,39+/m0/s1. The third-order valence-corrected chi connectivity index (χ3v) is 13.9. The highest BCUT2D eigenvalue weighted by molar-refractivity contribution is 8.01. The van der Waals surface area contributed by atoms with Crippen LogP contribution in [0.1, 0.15) is 42.9 Å². The van der Waals surface area contributed by atoms with Gasteiger partial charge in [-0.05, 0) is 78.9 Å². The molecule has 6 nitrogen and oxygen atoms in total. The molecule has 0 spiro atoms. The van der Waals surface area contributed by atoms with E-state index in [0.717, 1.165) is 53.4 Å². The zero-order valence-corrected chi connectivity index (χ0v) is 30.1. The monoisotopic (exact) mass is 704 g/mol. The molecule has 2 aliphatic rings. The van der Waals surface area contributed by atoms with Gasteiger partial charge in [-0.25, -0.2) is 8.42 Å². The van der Waals surface area contributed by atoms with E-state index in [-0.39, 0.29) is 23.2 Å². The van der Waals surface area contributed by atoms with Gasteiger partial charge in [0.1, 0.15) is 0 Å². The van der Waals surface area contributed by atoms with E-state index in [4.69, 9.17) is 4.74 Å². The molecule has 258 valence electrons. The summed E-state index contributed by atoms with van der Waals surface area (Å²) in [4.78, 5) is 15.1. The number of carbonyl (C=O) groups is 1. The molecular formula is C42H44N2O4S2. The second-order valence-corrected chi connectivity index (χ2v) is 16.7. The van der Waals surface area contributed by atoms with Gasteiger partial charge in [0.15, 0.2) is 0 Å². The first-order chi connectivity index (χ1) is 24.4. The second kappa shape index (κ2) is 15.1. The molecule has 0 radical (unpaired) electrons. The number of sulfonamides is 1. The highest BCUT2D eigenvalue weighted by Crippen LogP contribution is 2.52. The first-order valence-corrected chi connectivity index (χ1v) is 19.9. The maximum Gasteiger partial charge on any atom is 0.309 e. The van der Waals surface area contributed by atoms with Crippen molar-refractivity contribution in [2.45, 2.75) is 47.1 Å². The molecule has 7 rings (SSSR count). The van der Waals surface area contributed by atoms with E-state index >= 15 is 0 Å². The summed E-state index contributed by atoms with van der Waals surface area (Å²) in [6, 6.07) is 45.0. The fourth-order valence-electron chi connectivity index (χ4n) is 7.74. The summed E-state index contributed by atoms with van der Waals surface area (Å²) in [6.07, 6.45) is 2.16. The van der Waals surface area contributed by atoms with Crippen molar-refractivity contribution in [1.29, 1.82) is 0 Å². The van der Waals surface area contributed by atoms with E-state index in [1.807, 2.05) is 73.3 Å². The highest BCUT2D eigenvalue weighted by Gasteiger charge is 2.47. The van der Waals surface area contributed by atoms with Crippen molar-refractivity contribution in [3.05, 3.63) is 150 Å². The third-order valence-electron chi connectivity index (χ3n) is 10.2. The smallest absolute Gasteiger partial charge is 0.309 e. The van der Waals surface area contributed by atoms with Crippen LogP contribution in [0.4, 0.5) is 0 Å². The van der Waals surface area contributed by atoms with Gasteiger partial charge in [-0.3, -0.25) is 4.79 Å². The van der Waals surface area contributed by atoms with E-state index in [2.05, 4.69) is 77.7 Å². The normalized spacial score (nSPS) is 19.5. The topological polar surface area (TPSA) is 66.9 Å². The number of thioether (sulfide) groups is 1. The zero-order valence-electron chi connectivity index (χ0n) is 28.4. The number of ether oxygens (including phenoxy) is 1. The Morgan fingerprint density at radius 2 is 1.30 bits per heavy atom. The summed E-state index contributed by atoms with van der Waals surface area (Å²) < 4.78 is 35.9. The van der Waals surface area contributed by atoms with Gasteiger partial charge in [0.2, 0.25) is 10.0 Å². The second-order valence-electron chi connectivity index (χ2n) is 13.3. The van der Waals surface area contributed by atoms with Crippen molar-refractivity contribution in [3.8, 4) is 0 Å². The van der Waals surface area contributed by atoms with Gasteiger partial charge in [0.05, 0.1) is 22.2 Å². The molecule has 8 heteroatoms. The van der Waals surface area contributed by atoms with E-state index in [9.17, 15) is 13.2 Å². The molecule has 2 aliphatic heterocycles. The number of hydrogen-bond acceptors (Lipinski definition) is 6. The fraction of sp³-hybridized carbons (Fsp3) is 0.310. The highest BCUT2D eigenvalue weighted by atomic mass is 32.2. The minimum absolute atomic E-state index is 0.00733. The molecule has 0 N–H and O–H groups in total. The minimum Gasteiger partial charge on any atom is -0.466 e. The molecule has 0 amide bonds. The Hall–Kier alpha value is -3.95. The average Bonchev–Trinajstić information content (AvgIpc) is 3.57. The van der Waals surface area contributed by atoms with Crippen LogP contribution in [0.15, 0.2) is 138 Å². The van der Waals surface area contributed by atoms with Gasteiger partial charge in [-0.15, -0.1) is 11.8 Å².